The molecule has 3 rings (SSSR count). The van der Waals surface area contributed by atoms with E-state index in [1.54, 1.807) is 29.2 Å². The lowest BCUT2D eigenvalue weighted by Crippen LogP contribution is -2.48. The highest BCUT2D eigenvalue weighted by atomic mass is 32.2. The summed E-state index contributed by atoms with van der Waals surface area (Å²) in [5.74, 6) is 0.865. The van der Waals surface area contributed by atoms with Gasteiger partial charge in [-0.25, -0.2) is 0 Å². The van der Waals surface area contributed by atoms with E-state index in [4.69, 9.17) is 4.42 Å². The van der Waals surface area contributed by atoms with Crippen LogP contribution in [0.5, 0.6) is 0 Å². The predicted octanol–water partition coefficient (Wildman–Crippen LogP) is 3.33. The minimum Gasteiger partial charge on any atom is -0.472 e. The molecular formula is C18H26N2O3S. The smallest absolute Gasteiger partial charge is 0.243 e. The highest BCUT2D eigenvalue weighted by molar-refractivity contribution is 7.99. The summed E-state index contributed by atoms with van der Waals surface area (Å²) in [6, 6.07) is 1.52. The number of nitrogens with one attached hydrogen (secondary N) is 1. The highest BCUT2D eigenvalue weighted by Crippen LogP contribution is 2.45. The summed E-state index contributed by atoms with van der Waals surface area (Å²) < 4.78 is 5.18. The lowest BCUT2D eigenvalue weighted by Gasteiger charge is -2.28. The molecule has 0 aromatic carbocycles. The van der Waals surface area contributed by atoms with Crippen molar-refractivity contribution in [2.75, 3.05) is 12.3 Å². The van der Waals surface area contributed by atoms with Gasteiger partial charge in [-0.15, -0.1) is 11.8 Å². The highest BCUT2D eigenvalue weighted by Gasteiger charge is 2.46. The van der Waals surface area contributed by atoms with Crippen LogP contribution < -0.4 is 5.32 Å². The number of unbranched alkanes of at least 4 members (excludes halogenated alkanes) is 3. The molecule has 1 aliphatic heterocycles. The van der Waals surface area contributed by atoms with E-state index in [2.05, 4.69) is 12.2 Å². The first kappa shape index (κ1) is 17.4. The second-order valence-electron chi connectivity index (χ2n) is 6.63. The second kappa shape index (κ2) is 8.10. The molecule has 1 saturated carbocycles. The fourth-order valence-electron chi connectivity index (χ4n) is 3.07. The van der Waals surface area contributed by atoms with Gasteiger partial charge in [0.2, 0.25) is 11.8 Å². The van der Waals surface area contributed by atoms with E-state index in [1.807, 2.05) is 6.07 Å². The van der Waals surface area contributed by atoms with Crippen molar-refractivity contribution in [1.82, 2.24) is 10.2 Å². The summed E-state index contributed by atoms with van der Waals surface area (Å²) in [5.41, 5.74) is 0.965. The van der Waals surface area contributed by atoms with Crippen molar-refractivity contribution in [3.05, 3.63) is 24.2 Å². The Morgan fingerprint density at radius 2 is 2.17 bits per heavy atom. The zero-order valence-corrected chi connectivity index (χ0v) is 15.0. The quantitative estimate of drug-likeness (QED) is 0.731. The molecule has 2 fully saturated rings. The van der Waals surface area contributed by atoms with Gasteiger partial charge in [-0.3, -0.25) is 9.59 Å². The van der Waals surface area contributed by atoms with Gasteiger partial charge < -0.3 is 14.6 Å². The van der Waals surface area contributed by atoms with E-state index in [1.165, 1.54) is 12.8 Å². The minimum atomic E-state index is -0.367. The number of nitrogens with zero attached hydrogens (tertiary/aromatic N) is 1. The van der Waals surface area contributed by atoms with Crippen LogP contribution in [0.25, 0.3) is 0 Å². The summed E-state index contributed by atoms with van der Waals surface area (Å²) in [5, 5.41) is 2.92. The van der Waals surface area contributed by atoms with Crippen molar-refractivity contribution in [1.29, 1.82) is 0 Å². The largest absolute Gasteiger partial charge is 0.472 e. The van der Waals surface area contributed by atoms with Gasteiger partial charge in [0, 0.05) is 23.8 Å². The van der Waals surface area contributed by atoms with Gasteiger partial charge in [-0.2, -0.15) is 0 Å². The van der Waals surface area contributed by atoms with Gasteiger partial charge in [0.25, 0.3) is 0 Å². The Labute approximate surface area is 147 Å². The molecule has 0 bridgehead atoms. The molecule has 1 aromatic rings. The van der Waals surface area contributed by atoms with E-state index in [-0.39, 0.29) is 29.1 Å². The molecular weight excluding hydrogens is 324 g/mol. The van der Waals surface area contributed by atoms with Gasteiger partial charge in [-0.05, 0) is 25.3 Å². The Balaban J connectivity index is 1.62. The maximum absolute atomic E-state index is 12.7. The third-order valence-electron chi connectivity index (χ3n) is 4.64. The van der Waals surface area contributed by atoms with Crippen LogP contribution in [-0.2, 0) is 9.59 Å². The van der Waals surface area contributed by atoms with E-state index in [0.717, 1.165) is 31.2 Å². The van der Waals surface area contributed by atoms with Crippen LogP contribution in [-0.4, -0.2) is 35.1 Å². The van der Waals surface area contributed by atoms with Gasteiger partial charge in [-0.1, -0.05) is 26.2 Å². The average Bonchev–Trinajstić information content (AvgIpc) is 3.11. The summed E-state index contributed by atoms with van der Waals surface area (Å²) in [6.45, 7) is 2.87. The fraction of sp³-hybridized carbons (Fsp3) is 0.667. The molecule has 1 aliphatic carbocycles. The fourth-order valence-corrected chi connectivity index (χ4v) is 4.49. The first-order valence-corrected chi connectivity index (χ1v) is 10.0. The van der Waals surface area contributed by atoms with Gasteiger partial charge in [0.05, 0.1) is 12.5 Å². The monoisotopic (exact) mass is 350 g/mol. The molecule has 1 N–H and O–H groups in total. The van der Waals surface area contributed by atoms with Gasteiger partial charge in [0.1, 0.15) is 11.4 Å². The Kier molecular flexibility index (Phi) is 5.87. The molecule has 2 aliphatic rings. The summed E-state index contributed by atoms with van der Waals surface area (Å²) in [7, 11) is 0. The standard InChI is InChI=1S/C18H26N2O3S/c1-2-3-4-5-9-19-16(21)15-12-24-18(14-8-10-23-11-14)20(15)17(22)13-6-7-13/h8,10-11,13,15,18H,2-7,9,12H2,1H3,(H,19,21)/t15-,18-/m0/s1. The molecule has 24 heavy (non-hydrogen) atoms. The van der Waals surface area contributed by atoms with Crippen LogP contribution in [0.1, 0.15) is 56.4 Å². The van der Waals surface area contributed by atoms with E-state index >= 15 is 0 Å². The summed E-state index contributed by atoms with van der Waals surface area (Å²) >= 11 is 1.65. The third-order valence-corrected chi connectivity index (χ3v) is 5.97. The van der Waals surface area contributed by atoms with Crippen molar-refractivity contribution >= 4 is 23.6 Å². The average molecular weight is 350 g/mol. The van der Waals surface area contributed by atoms with Gasteiger partial charge in [0.15, 0.2) is 0 Å². The van der Waals surface area contributed by atoms with E-state index < -0.39 is 0 Å². The first-order valence-electron chi connectivity index (χ1n) is 8.96. The number of rotatable bonds is 8. The molecule has 2 amide bonds. The first-order chi connectivity index (χ1) is 11.7. The normalized spacial score (nSPS) is 23.5. The maximum Gasteiger partial charge on any atom is 0.243 e. The number of amides is 2. The van der Waals surface area contributed by atoms with Crippen LogP contribution in [0.15, 0.2) is 23.0 Å². The number of hydrogen-bond acceptors (Lipinski definition) is 4. The predicted molar refractivity (Wildman–Crippen MR) is 94.4 cm³/mol. The lowest BCUT2D eigenvalue weighted by atomic mass is 10.1. The molecule has 0 radical (unpaired) electrons. The Morgan fingerprint density at radius 1 is 1.33 bits per heavy atom. The number of thioether (sulfide) groups is 1. The zero-order chi connectivity index (χ0) is 16.9. The Bertz CT molecular complexity index is 557. The SMILES string of the molecule is CCCCCCNC(=O)[C@@H]1CS[C@@H](c2ccoc2)N1C(=O)C1CC1. The molecule has 1 saturated heterocycles. The molecule has 2 heterocycles. The Morgan fingerprint density at radius 3 is 2.83 bits per heavy atom. The molecule has 2 atom stereocenters. The molecule has 1 aromatic heterocycles. The summed E-state index contributed by atoms with van der Waals surface area (Å²) in [4.78, 5) is 27.2. The number of hydrogen-bond donors (Lipinski definition) is 1. The van der Waals surface area contributed by atoms with Crippen molar-refractivity contribution in [2.45, 2.75) is 56.9 Å². The lowest BCUT2D eigenvalue weighted by molar-refractivity contribution is -0.140. The van der Waals surface area contributed by atoms with Crippen LogP contribution in [0.2, 0.25) is 0 Å². The number of carbonyl (C=O) groups is 2. The van der Waals surface area contributed by atoms with Crippen LogP contribution in [0, 0.1) is 5.92 Å². The van der Waals surface area contributed by atoms with E-state index in [0.29, 0.717) is 12.3 Å². The van der Waals surface area contributed by atoms with Crippen LogP contribution in [0.4, 0.5) is 0 Å². The van der Waals surface area contributed by atoms with Crippen molar-refractivity contribution in [2.24, 2.45) is 5.92 Å². The topological polar surface area (TPSA) is 62.6 Å². The molecule has 0 unspecified atom stereocenters. The molecule has 6 heteroatoms. The second-order valence-corrected chi connectivity index (χ2v) is 7.74. The van der Waals surface area contributed by atoms with Crippen molar-refractivity contribution < 1.29 is 14.0 Å². The van der Waals surface area contributed by atoms with Gasteiger partial charge >= 0.3 is 0 Å². The number of carbonyl (C=O) groups excluding carboxylic acids is 2. The van der Waals surface area contributed by atoms with Crippen LogP contribution in [0.3, 0.4) is 0 Å². The maximum atomic E-state index is 12.7. The van der Waals surface area contributed by atoms with Crippen molar-refractivity contribution in [3.63, 3.8) is 0 Å². The molecule has 0 spiro atoms. The zero-order valence-electron chi connectivity index (χ0n) is 14.2. The molecule has 5 nitrogen and oxygen atoms in total. The minimum absolute atomic E-state index is 0.0148. The molecule has 132 valence electrons. The summed E-state index contributed by atoms with van der Waals surface area (Å²) in [6.07, 6.45) is 9.71. The van der Waals surface area contributed by atoms with Crippen molar-refractivity contribution in [3.8, 4) is 0 Å². The number of furan rings is 1. The Hall–Kier alpha value is -1.43. The van der Waals surface area contributed by atoms with E-state index in [9.17, 15) is 9.59 Å². The van der Waals surface area contributed by atoms with Crippen LogP contribution >= 0.6 is 11.8 Å². The third kappa shape index (κ3) is 3.97.